The molecule has 1 aliphatic rings. The van der Waals surface area contributed by atoms with Crippen molar-refractivity contribution in [2.45, 2.75) is 19.0 Å². The van der Waals surface area contributed by atoms with E-state index in [0.29, 0.717) is 18.2 Å². The molecule has 1 aromatic rings. The highest BCUT2D eigenvalue weighted by molar-refractivity contribution is 5.35. The van der Waals surface area contributed by atoms with Crippen molar-refractivity contribution in [3.8, 4) is 0 Å². The monoisotopic (exact) mass is 253 g/mol. The number of non-ortho nitro benzene ring substituents is 1. The van der Waals surface area contributed by atoms with E-state index in [2.05, 4.69) is 10.2 Å². The highest BCUT2D eigenvalue weighted by Crippen LogP contribution is 2.19. The predicted octanol–water partition coefficient (Wildman–Crippen LogP) is 1.53. The summed E-state index contributed by atoms with van der Waals surface area (Å²) in [4.78, 5) is 12.3. The third kappa shape index (κ3) is 3.02. The summed E-state index contributed by atoms with van der Waals surface area (Å²) in [6.45, 7) is 2.37. The molecule has 1 N–H and O–H groups in total. The minimum Gasteiger partial charge on any atom is -0.316 e. The third-order valence-corrected chi connectivity index (χ3v) is 3.24. The fourth-order valence-corrected chi connectivity index (χ4v) is 2.30. The van der Waals surface area contributed by atoms with Crippen LogP contribution in [0.25, 0.3) is 0 Å². The third-order valence-electron chi connectivity index (χ3n) is 3.24. The minimum absolute atomic E-state index is 0.186. The molecule has 18 heavy (non-hydrogen) atoms. The Morgan fingerprint density at radius 1 is 1.56 bits per heavy atom. The summed E-state index contributed by atoms with van der Waals surface area (Å²) < 4.78 is 13.3. The summed E-state index contributed by atoms with van der Waals surface area (Å²) in [6, 6.07) is 4.20. The van der Waals surface area contributed by atoms with Crippen molar-refractivity contribution in [3.05, 3.63) is 39.7 Å². The molecule has 0 aliphatic carbocycles. The summed E-state index contributed by atoms with van der Waals surface area (Å²) >= 11 is 0. The van der Waals surface area contributed by atoms with Gasteiger partial charge in [-0.25, -0.2) is 4.39 Å². The zero-order valence-corrected chi connectivity index (χ0v) is 10.2. The van der Waals surface area contributed by atoms with E-state index in [1.807, 2.05) is 7.05 Å². The first kappa shape index (κ1) is 12.9. The molecular weight excluding hydrogens is 237 g/mol. The average Bonchev–Trinajstić information content (AvgIpc) is 2.76. The number of nitro groups is 1. The lowest BCUT2D eigenvalue weighted by Gasteiger charge is -2.15. The van der Waals surface area contributed by atoms with E-state index in [0.717, 1.165) is 25.6 Å². The second-order valence-corrected chi connectivity index (χ2v) is 4.58. The number of halogens is 1. The second-order valence-electron chi connectivity index (χ2n) is 4.58. The number of benzene rings is 1. The van der Waals surface area contributed by atoms with Crippen molar-refractivity contribution in [2.24, 2.45) is 0 Å². The maximum absolute atomic E-state index is 13.3. The molecule has 0 saturated carbocycles. The lowest BCUT2D eigenvalue weighted by atomic mass is 10.2. The summed E-state index contributed by atoms with van der Waals surface area (Å²) in [7, 11) is 1.92. The van der Waals surface area contributed by atoms with Gasteiger partial charge in [0.05, 0.1) is 11.0 Å². The highest BCUT2D eigenvalue weighted by atomic mass is 19.1. The number of hydrogen-bond acceptors (Lipinski definition) is 4. The fraction of sp³-hybridized carbons (Fsp3) is 0.500. The van der Waals surface area contributed by atoms with Gasteiger partial charge < -0.3 is 5.32 Å². The molecule has 98 valence electrons. The van der Waals surface area contributed by atoms with Crippen LogP contribution in [0.2, 0.25) is 0 Å². The van der Waals surface area contributed by atoms with Gasteiger partial charge in [0.25, 0.3) is 5.69 Å². The number of rotatable bonds is 4. The maximum atomic E-state index is 13.3. The van der Waals surface area contributed by atoms with Crippen LogP contribution < -0.4 is 5.32 Å². The zero-order chi connectivity index (χ0) is 13.1. The Morgan fingerprint density at radius 2 is 2.33 bits per heavy atom. The van der Waals surface area contributed by atoms with Crippen molar-refractivity contribution in [1.82, 2.24) is 10.2 Å². The van der Waals surface area contributed by atoms with Gasteiger partial charge in [-0.1, -0.05) is 0 Å². The Morgan fingerprint density at radius 3 is 2.94 bits per heavy atom. The molecule has 0 spiro atoms. The van der Waals surface area contributed by atoms with Gasteiger partial charge in [-0.3, -0.25) is 15.0 Å². The predicted molar refractivity (Wildman–Crippen MR) is 65.8 cm³/mol. The maximum Gasteiger partial charge on any atom is 0.272 e. The summed E-state index contributed by atoms with van der Waals surface area (Å²) in [5.74, 6) is -0.552. The summed E-state index contributed by atoms with van der Waals surface area (Å²) in [6.07, 6.45) is 1.05. The van der Waals surface area contributed by atoms with Crippen LogP contribution in [0.1, 0.15) is 12.0 Å². The Labute approximate surface area is 105 Å². The van der Waals surface area contributed by atoms with Gasteiger partial charge in [-0.2, -0.15) is 0 Å². The Balaban J connectivity index is 2.07. The molecule has 1 aromatic carbocycles. The van der Waals surface area contributed by atoms with E-state index in [-0.39, 0.29) is 5.69 Å². The Kier molecular flexibility index (Phi) is 3.88. The van der Waals surface area contributed by atoms with Gasteiger partial charge in [0.15, 0.2) is 0 Å². The number of hydrogen-bond donors (Lipinski definition) is 1. The molecule has 1 fully saturated rings. The van der Waals surface area contributed by atoms with Crippen LogP contribution in [-0.4, -0.2) is 36.0 Å². The van der Waals surface area contributed by atoms with Gasteiger partial charge in [0.1, 0.15) is 5.82 Å². The Hall–Kier alpha value is -1.53. The molecule has 0 radical (unpaired) electrons. The number of likely N-dealkylation sites (tertiary alicyclic amines) is 1. The fourth-order valence-electron chi connectivity index (χ4n) is 2.30. The van der Waals surface area contributed by atoms with Crippen molar-refractivity contribution in [2.75, 3.05) is 20.1 Å². The molecule has 6 heteroatoms. The van der Waals surface area contributed by atoms with Gasteiger partial charge in [0, 0.05) is 31.7 Å². The zero-order valence-electron chi connectivity index (χ0n) is 10.2. The van der Waals surface area contributed by atoms with Crippen LogP contribution in [0.5, 0.6) is 0 Å². The smallest absolute Gasteiger partial charge is 0.272 e. The van der Waals surface area contributed by atoms with Gasteiger partial charge in [0.2, 0.25) is 0 Å². The minimum atomic E-state index is -0.563. The SMILES string of the molecule is CNC1CCN(Cc2cc(F)cc([N+](=O)[O-])c2)C1. The molecule has 1 atom stereocenters. The van der Waals surface area contributed by atoms with Crippen molar-refractivity contribution in [3.63, 3.8) is 0 Å². The standard InChI is InChI=1S/C12H16FN3O2/c1-14-11-2-3-15(8-11)7-9-4-10(13)6-12(5-9)16(17)18/h4-6,11,14H,2-3,7-8H2,1H3. The Bertz CT molecular complexity index is 453. The number of nitro benzene ring substituents is 1. The topological polar surface area (TPSA) is 58.4 Å². The highest BCUT2D eigenvalue weighted by Gasteiger charge is 2.21. The molecule has 0 aromatic heterocycles. The van der Waals surface area contributed by atoms with Gasteiger partial charge in [-0.15, -0.1) is 0 Å². The van der Waals surface area contributed by atoms with Gasteiger partial charge >= 0.3 is 0 Å². The number of nitrogens with zero attached hydrogens (tertiary/aromatic N) is 2. The van der Waals surface area contributed by atoms with Gasteiger partial charge in [-0.05, 0) is 25.1 Å². The molecular formula is C12H16FN3O2. The summed E-state index contributed by atoms with van der Waals surface area (Å²) in [5.41, 5.74) is 0.466. The van der Waals surface area contributed by atoms with E-state index >= 15 is 0 Å². The normalized spacial score (nSPS) is 20.2. The lowest BCUT2D eigenvalue weighted by Crippen LogP contribution is -2.29. The van der Waals surface area contributed by atoms with Crippen LogP contribution in [0.3, 0.4) is 0 Å². The van der Waals surface area contributed by atoms with Crippen molar-refractivity contribution < 1.29 is 9.31 Å². The van der Waals surface area contributed by atoms with E-state index in [1.54, 1.807) is 0 Å². The average molecular weight is 253 g/mol. The molecule has 1 saturated heterocycles. The van der Waals surface area contributed by atoms with E-state index in [1.165, 1.54) is 12.1 Å². The van der Waals surface area contributed by atoms with Crippen LogP contribution in [0.4, 0.5) is 10.1 Å². The molecule has 2 rings (SSSR count). The van der Waals surface area contributed by atoms with Crippen LogP contribution >= 0.6 is 0 Å². The molecule has 1 aliphatic heterocycles. The van der Waals surface area contributed by atoms with Crippen LogP contribution in [0, 0.1) is 15.9 Å². The first-order chi connectivity index (χ1) is 8.58. The van der Waals surface area contributed by atoms with Crippen LogP contribution in [-0.2, 0) is 6.54 Å². The first-order valence-electron chi connectivity index (χ1n) is 5.92. The molecule has 1 heterocycles. The van der Waals surface area contributed by atoms with Crippen LogP contribution in [0.15, 0.2) is 18.2 Å². The van der Waals surface area contributed by atoms with Crippen molar-refractivity contribution >= 4 is 5.69 Å². The summed E-state index contributed by atoms with van der Waals surface area (Å²) in [5, 5.41) is 13.9. The molecule has 5 nitrogen and oxygen atoms in total. The van der Waals surface area contributed by atoms with E-state index in [4.69, 9.17) is 0 Å². The van der Waals surface area contributed by atoms with E-state index < -0.39 is 10.7 Å². The largest absolute Gasteiger partial charge is 0.316 e. The first-order valence-corrected chi connectivity index (χ1v) is 5.92. The molecule has 1 unspecified atom stereocenters. The second kappa shape index (κ2) is 5.41. The number of likely N-dealkylation sites (N-methyl/N-ethyl adjacent to an activating group) is 1. The molecule has 0 amide bonds. The molecule has 0 bridgehead atoms. The quantitative estimate of drug-likeness (QED) is 0.653. The lowest BCUT2D eigenvalue weighted by molar-refractivity contribution is -0.385. The van der Waals surface area contributed by atoms with E-state index in [9.17, 15) is 14.5 Å². The van der Waals surface area contributed by atoms with Crippen molar-refractivity contribution in [1.29, 1.82) is 0 Å². The number of nitrogens with one attached hydrogen (secondary N) is 1.